The third-order valence-electron chi connectivity index (χ3n) is 12.0. The standard InChI is InChI=1S/C51H95NO8/c1-3-5-7-9-11-13-14-15-16-17-18-19-20-21-22-23-24-25-26-27-28-29-30-31-33-35-37-39-41-47(55)52-44(45(54)40-38-36-34-32-12-10-8-6-4-2)43-59-51-50(58)49(57)48(56)46(42-53)60-51/h4,6,12,32,38,40,44-46,48-51,53-54,56-58H,3,5,7-11,13-31,33-37,39,41-43H2,1-2H3,(H,52,55)/b6-4+,32-12+,40-38+. The van der Waals surface area contributed by atoms with Crippen molar-refractivity contribution in [3.63, 3.8) is 0 Å². The van der Waals surface area contributed by atoms with Crippen LogP contribution in [-0.2, 0) is 14.3 Å². The zero-order valence-corrected chi connectivity index (χ0v) is 38.7. The number of amides is 1. The number of unbranched alkanes of at least 4 members (excludes halogenated alkanes) is 29. The zero-order chi connectivity index (χ0) is 43.7. The SMILES string of the molecule is C/C=C/CC/C=C/CC/C=C/C(O)C(COC1OC(CO)C(O)C(O)C1O)NC(=O)CCCCCCCCCCCCCCCCCCCCCCCCCCCCCC. The molecule has 0 radical (unpaired) electrons. The highest BCUT2D eigenvalue weighted by Gasteiger charge is 2.44. The van der Waals surface area contributed by atoms with Gasteiger partial charge < -0.3 is 40.3 Å². The van der Waals surface area contributed by atoms with E-state index in [9.17, 15) is 30.3 Å². The molecule has 1 aliphatic heterocycles. The monoisotopic (exact) mass is 850 g/mol. The third-order valence-corrected chi connectivity index (χ3v) is 12.0. The molecule has 0 bridgehead atoms. The fourth-order valence-corrected chi connectivity index (χ4v) is 8.02. The molecule has 0 spiro atoms. The van der Waals surface area contributed by atoms with E-state index in [1.54, 1.807) is 6.08 Å². The molecule has 9 nitrogen and oxygen atoms in total. The molecule has 0 saturated carbocycles. The highest BCUT2D eigenvalue weighted by Crippen LogP contribution is 2.23. The van der Waals surface area contributed by atoms with Gasteiger partial charge in [0.2, 0.25) is 5.91 Å². The van der Waals surface area contributed by atoms with Gasteiger partial charge in [-0.15, -0.1) is 0 Å². The largest absolute Gasteiger partial charge is 0.394 e. The average Bonchev–Trinajstić information content (AvgIpc) is 3.25. The fourth-order valence-electron chi connectivity index (χ4n) is 8.02. The van der Waals surface area contributed by atoms with E-state index >= 15 is 0 Å². The summed E-state index contributed by atoms with van der Waals surface area (Å²) in [6.07, 6.45) is 45.4. The summed E-state index contributed by atoms with van der Waals surface area (Å²) in [5, 5.41) is 54.0. The zero-order valence-electron chi connectivity index (χ0n) is 38.7. The molecule has 1 amide bonds. The molecule has 1 saturated heterocycles. The van der Waals surface area contributed by atoms with Crippen molar-refractivity contribution >= 4 is 5.91 Å². The predicted octanol–water partition coefficient (Wildman–Crippen LogP) is 11.2. The van der Waals surface area contributed by atoms with Crippen molar-refractivity contribution in [3.8, 4) is 0 Å². The molecule has 7 atom stereocenters. The van der Waals surface area contributed by atoms with E-state index < -0.39 is 49.5 Å². The smallest absolute Gasteiger partial charge is 0.220 e. The Balaban J connectivity index is 2.13. The Bertz CT molecular complexity index is 1030. The lowest BCUT2D eigenvalue weighted by molar-refractivity contribution is -0.302. The van der Waals surface area contributed by atoms with E-state index in [1.165, 1.54) is 161 Å². The van der Waals surface area contributed by atoms with Gasteiger partial charge in [-0.25, -0.2) is 0 Å². The fraction of sp³-hybridized carbons (Fsp3) is 0.863. The Kier molecular flexibility index (Phi) is 39.0. The van der Waals surface area contributed by atoms with Gasteiger partial charge in [0.15, 0.2) is 6.29 Å². The lowest BCUT2D eigenvalue weighted by Gasteiger charge is -2.40. The first-order chi connectivity index (χ1) is 29.3. The van der Waals surface area contributed by atoms with Crippen LogP contribution in [0.3, 0.4) is 0 Å². The third kappa shape index (κ3) is 31.3. The Morgan fingerprint density at radius 3 is 1.40 bits per heavy atom. The minimum atomic E-state index is -1.57. The molecular formula is C51H95NO8. The van der Waals surface area contributed by atoms with Crippen molar-refractivity contribution in [2.75, 3.05) is 13.2 Å². The van der Waals surface area contributed by atoms with Crippen LogP contribution in [0.5, 0.6) is 0 Å². The average molecular weight is 850 g/mol. The molecule has 1 rings (SSSR count). The van der Waals surface area contributed by atoms with Gasteiger partial charge in [-0.1, -0.05) is 217 Å². The van der Waals surface area contributed by atoms with Crippen molar-refractivity contribution < 1.29 is 39.8 Å². The van der Waals surface area contributed by atoms with Crippen LogP contribution < -0.4 is 5.32 Å². The van der Waals surface area contributed by atoms with Gasteiger partial charge in [0.1, 0.15) is 24.4 Å². The number of carbonyl (C=O) groups is 1. The summed E-state index contributed by atoms with van der Waals surface area (Å²) in [7, 11) is 0. The second-order valence-electron chi connectivity index (χ2n) is 17.6. The summed E-state index contributed by atoms with van der Waals surface area (Å²) < 4.78 is 11.2. The van der Waals surface area contributed by atoms with Crippen LogP contribution in [0.4, 0.5) is 0 Å². The van der Waals surface area contributed by atoms with E-state index in [0.29, 0.717) is 6.42 Å². The van der Waals surface area contributed by atoms with Gasteiger partial charge in [0, 0.05) is 6.42 Å². The molecule has 0 aromatic rings. The lowest BCUT2D eigenvalue weighted by atomic mass is 9.99. The number of hydrogen-bond donors (Lipinski definition) is 6. The number of hydrogen-bond acceptors (Lipinski definition) is 8. The van der Waals surface area contributed by atoms with E-state index in [1.807, 2.05) is 19.1 Å². The van der Waals surface area contributed by atoms with E-state index in [2.05, 4.69) is 30.5 Å². The van der Waals surface area contributed by atoms with Crippen molar-refractivity contribution in [1.82, 2.24) is 5.32 Å². The Labute approximate surface area is 368 Å². The number of rotatable bonds is 42. The normalized spacial score (nSPS) is 20.8. The molecular weight excluding hydrogens is 755 g/mol. The second-order valence-corrected chi connectivity index (χ2v) is 17.6. The summed E-state index contributed by atoms with van der Waals surface area (Å²) in [6.45, 7) is 3.53. The summed E-state index contributed by atoms with van der Waals surface area (Å²) in [5.41, 5.74) is 0. The number of carbonyl (C=O) groups excluding carboxylic acids is 1. The maximum absolute atomic E-state index is 12.9. The lowest BCUT2D eigenvalue weighted by Crippen LogP contribution is -2.60. The van der Waals surface area contributed by atoms with Gasteiger partial charge in [-0.05, 0) is 39.0 Å². The Morgan fingerprint density at radius 1 is 0.583 bits per heavy atom. The van der Waals surface area contributed by atoms with Gasteiger partial charge in [-0.3, -0.25) is 4.79 Å². The number of allylic oxidation sites excluding steroid dienone is 5. The number of aliphatic hydroxyl groups is 5. The summed E-state index contributed by atoms with van der Waals surface area (Å²) in [4.78, 5) is 12.9. The Morgan fingerprint density at radius 2 is 0.983 bits per heavy atom. The highest BCUT2D eigenvalue weighted by molar-refractivity contribution is 5.76. The Hall–Kier alpha value is -1.59. The molecule has 0 aliphatic carbocycles. The first kappa shape index (κ1) is 56.4. The van der Waals surface area contributed by atoms with Gasteiger partial charge in [0.05, 0.1) is 25.4 Å². The van der Waals surface area contributed by atoms with Gasteiger partial charge >= 0.3 is 0 Å². The van der Waals surface area contributed by atoms with Crippen LogP contribution in [0.1, 0.15) is 226 Å². The molecule has 1 heterocycles. The molecule has 1 aliphatic rings. The first-order valence-electron chi connectivity index (χ1n) is 25.2. The van der Waals surface area contributed by atoms with E-state index in [-0.39, 0.29) is 12.5 Å². The van der Waals surface area contributed by atoms with Crippen LogP contribution in [-0.4, -0.2) is 87.5 Å². The maximum atomic E-state index is 12.9. The van der Waals surface area contributed by atoms with Crippen LogP contribution in [0, 0.1) is 0 Å². The van der Waals surface area contributed by atoms with E-state index in [0.717, 1.165) is 44.9 Å². The van der Waals surface area contributed by atoms with Crippen molar-refractivity contribution in [1.29, 1.82) is 0 Å². The molecule has 6 N–H and O–H groups in total. The van der Waals surface area contributed by atoms with Gasteiger partial charge in [-0.2, -0.15) is 0 Å². The molecule has 7 unspecified atom stereocenters. The van der Waals surface area contributed by atoms with Crippen molar-refractivity contribution in [2.24, 2.45) is 0 Å². The minimum Gasteiger partial charge on any atom is -0.394 e. The number of aliphatic hydroxyl groups excluding tert-OH is 5. The number of ether oxygens (including phenoxy) is 2. The number of nitrogens with one attached hydrogen (secondary N) is 1. The molecule has 0 aromatic heterocycles. The minimum absolute atomic E-state index is 0.191. The van der Waals surface area contributed by atoms with Crippen LogP contribution in [0.25, 0.3) is 0 Å². The quantitative estimate of drug-likeness (QED) is 0.0263. The van der Waals surface area contributed by atoms with Crippen molar-refractivity contribution in [3.05, 3.63) is 36.5 Å². The molecule has 60 heavy (non-hydrogen) atoms. The molecule has 9 heteroatoms. The predicted molar refractivity (Wildman–Crippen MR) is 249 cm³/mol. The second kappa shape index (κ2) is 41.4. The topological polar surface area (TPSA) is 149 Å². The van der Waals surface area contributed by atoms with Crippen LogP contribution in [0.15, 0.2) is 36.5 Å². The van der Waals surface area contributed by atoms with Gasteiger partial charge in [0.25, 0.3) is 0 Å². The van der Waals surface area contributed by atoms with E-state index in [4.69, 9.17) is 9.47 Å². The summed E-state index contributed by atoms with van der Waals surface area (Å²) in [6, 6.07) is -0.823. The molecule has 0 aromatic carbocycles. The summed E-state index contributed by atoms with van der Waals surface area (Å²) >= 11 is 0. The van der Waals surface area contributed by atoms with Crippen LogP contribution in [0.2, 0.25) is 0 Å². The van der Waals surface area contributed by atoms with Crippen molar-refractivity contribution in [2.45, 2.75) is 269 Å². The summed E-state index contributed by atoms with van der Waals surface area (Å²) in [5.74, 6) is -0.191. The first-order valence-corrected chi connectivity index (χ1v) is 25.2. The van der Waals surface area contributed by atoms with Crippen LogP contribution >= 0.6 is 0 Å². The maximum Gasteiger partial charge on any atom is 0.220 e. The highest BCUT2D eigenvalue weighted by atomic mass is 16.7. The molecule has 352 valence electrons. The molecule has 1 fully saturated rings.